The molecule has 1 aromatic rings. The van der Waals surface area contributed by atoms with E-state index in [2.05, 4.69) is 9.97 Å². The Hall–Kier alpha value is -1.52. The number of halogens is 2. The third-order valence-electron chi connectivity index (χ3n) is 2.41. The summed E-state index contributed by atoms with van der Waals surface area (Å²) in [6.45, 7) is 0. The lowest BCUT2D eigenvalue weighted by atomic mass is 9.94. The Morgan fingerprint density at radius 2 is 2.07 bits per heavy atom. The Balaban J connectivity index is 2.19. The van der Waals surface area contributed by atoms with E-state index in [9.17, 15) is 8.78 Å². The average Bonchev–Trinajstić information content (AvgIpc) is 2.20. The van der Waals surface area contributed by atoms with Gasteiger partial charge in [0.15, 0.2) is 0 Å². The fourth-order valence-electron chi connectivity index (χ4n) is 1.53. The molecule has 2 rings (SSSR count). The molecule has 0 radical (unpaired) electrons. The Labute approximate surface area is 86.0 Å². The van der Waals surface area contributed by atoms with Gasteiger partial charge in [-0.3, -0.25) is 4.98 Å². The molecule has 0 saturated heterocycles. The summed E-state index contributed by atoms with van der Waals surface area (Å²) < 4.78 is 25.7. The lowest BCUT2D eigenvalue weighted by Gasteiger charge is -2.20. The number of nitrogens with zero attached hydrogens (tertiary/aromatic N) is 2. The highest BCUT2D eigenvalue weighted by Gasteiger charge is 2.31. The van der Waals surface area contributed by atoms with E-state index in [4.69, 9.17) is 5.73 Å². The van der Waals surface area contributed by atoms with Crippen molar-refractivity contribution in [2.24, 2.45) is 0 Å². The zero-order valence-electron chi connectivity index (χ0n) is 8.08. The van der Waals surface area contributed by atoms with Gasteiger partial charge in [-0.1, -0.05) is 6.08 Å². The van der Waals surface area contributed by atoms with Crippen LogP contribution in [-0.4, -0.2) is 15.9 Å². The molecule has 0 spiro atoms. The summed E-state index contributed by atoms with van der Waals surface area (Å²) in [4.78, 5) is 7.93. The fourth-order valence-corrected chi connectivity index (χ4v) is 1.53. The Kier molecular flexibility index (Phi) is 2.38. The first-order valence-corrected chi connectivity index (χ1v) is 4.72. The number of nitrogen functional groups attached to an aromatic ring is 1. The van der Waals surface area contributed by atoms with Crippen LogP contribution in [-0.2, 0) is 0 Å². The lowest BCUT2D eigenvalue weighted by molar-refractivity contribution is -0.00605. The van der Waals surface area contributed by atoms with Gasteiger partial charge in [0.2, 0.25) is 0 Å². The van der Waals surface area contributed by atoms with Crippen LogP contribution in [0, 0.1) is 0 Å². The lowest BCUT2D eigenvalue weighted by Crippen LogP contribution is -2.18. The third-order valence-corrected chi connectivity index (χ3v) is 2.41. The van der Waals surface area contributed by atoms with Gasteiger partial charge in [0.25, 0.3) is 5.92 Å². The summed E-state index contributed by atoms with van der Waals surface area (Å²) in [7, 11) is 0. The summed E-state index contributed by atoms with van der Waals surface area (Å²) in [6, 6.07) is 0. The van der Waals surface area contributed by atoms with E-state index in [1.54, 1.807) is 0 Å². The van der Waals surface area contributed by atoms with Gasteiger partial charge in [-0.15, -0.1) is 0 Å². The molecule has 0 amide bonds. The van der Waals surface area contributed by atoms with Crippen LogP contribution in [0.1, 0.15) is 25.0 Å². The second-order valence-electron chi connectivity index (χ2n) is 3.62. The number of aromatic nitrogens is 2. The molecule has 0 saturated carbocycles. The highest BCUT2D eigenvalue weighted by atomic mass is 19.3. The van der Waals surface area contributed by atoms with Crippen molar-refractivity contribution in [1.29, 1.82) is 0 Å². The molecule has 0 fully saturated rings. The second kappa shape index (κ2) is 3.56. The predicted octanol–water partition coefficient (Wildman–Crippen LogP) is 2.26. The van der Waals surface area contributed by atoms with Crippen LogP contribution in [0.2, 0.25) is 0 Å². The van der Waals surface area contributed by atoms with Crippen LogP contribution in [0.5, 0.6) is 0 Å². The van der Waals surface area contributed by atoms with Gasteiger partial charge in [0, 0.05) is 12.8 Å². The summed E-state index contributed by atoms with van der Waals surface area (Å²) in [6.07, 6.45) is 4.49. The van der Waals surface area contributed by atoms with Gasteiger partial charge >= 0.3 is 0 Å². The third kappa shape index (κ3) is 2.29. The van der Waals surface area contributed by atoms with E-state index in [-0.39, 0.29) is 12.8 Å². The van der Waals surface area contributed by atoms with Gasteiger partial charge < -0.3 is 5.73 Å². The smallest absolute Gasteiger partial charge is 0.251 e. The van der Waals surface area contributed by atoms with E-state index < -0.39 is 5.92 Å². The van der Waals surface area contributed by atoms with Crippen molar-refractivity contribution in [3.8, 4) is 0 Å². The number of rotatable bonds is 1. The van der Waals surface area contributed by atoms with Crippen LogP contribution < -0.4 is 5.73 Å². The normalized spacial score (nSPS) is 19.7. The van der Waals surface area contributed by atoms with E-state index in [1.807, 2.05) is 0 Å². The predicted molar refractivity (Wildman–Crippen MR) is 53.2 cm³/mol. The van der Waals surface area contributed by atoms with E-state index in [0.717, 1.165) is 5.57 Å². The number of allylic oxidation sites excluding steroid dienone is 2. The molecule has 2 N–H and O–H groups in total. The van der Waals surface area contributed by atoms with Gasteiger partial charge in [0.05, 0.1) is 18.1 Å². The summed E-state index contributed by atoms with van der Waals surface area (Å²) in [5.74, 6) is -2.23. The first-order chi connectivity index (χ1) is 7.07. The molecular weight excluding hydrogens is 200 g/mol. The molecule has 5 heteroatoms. The number of hydrogen-bond acceptors (Lipinski definition) is 3. The minimum absolute atomic E-state index is 0.120. The van der Waals surface area contributed by atoms with Crippen molar-refractivity contribution in [3.63, 3.8) is 0 Å². The quantitative estimate of drug-likeness (QED) is 0.775. The second-order valence-corrected chi connectivity index (χ2v) is 3.62. The number of anilines is 1. The molecule has 0 aliphatic heterocycles. The van der Waals surface area contributed by atoms with Crippen molar-refractivity contribution < 1.29 is 8.78 Å². The molecule has 1 aliphatic rings. The van der Waals surface area contributed by atoms with Crippen LogP contribution in [0.4, 0.5) is 14.6 Å². The molecule has 0 bridgehead atoms. The zero-order valence-corrected chi connectivity index (χ0v) is 8.08. The highest BCUT2D eigenvalue weighted by Crippen LogP contribution is 2.35. The van der Waals surface area contributed by atoms with Crippen molar-refractivity contribution in [2.45, 2.75) is 25.2 Å². The summed E-state index contributed by atoms with van der Waals surface area (Å²) in [5, 5.41) is 0. The summed E-state index contributed by atoms with van der Waals surface area (Å²) >= 11 is 0. The summed E-state index contributed by atoms with van der Waals surface area (Å²) in [5.41, 5.74) is 6.85. The van der Waals surface area contributed by atoms with Gasteiger partial charge in [0.1, 0.15) is 5.82 Å². The maximum Gasteiger partial charge on any atom is 0.251 e. The first kappa shape index (κ1) is 10.0. The maximum atomic E-state index is 12.9. The molecule has 0 unspecified atom stereocenters. The molecule has 1 heterocycles. The van der Waals surface area contributed by atoms with Crippen molar-refractivity contribution in [1.82, 2.24) is 9.97 Å². The largest absolute Gasteiger partial charge is 0.382 e. The Bertz CT molecular complexity index is 384. The van der Waals surface area contributed by atoms with Gasteiger partial charge in [-0.05, 0) is 12.0 Å². The van der Waals surface area contributed by atoms with Crippen LogP contribution in [0.25, 0.3) is 5.57 Å². The van der Waals surface area contributed by atoms with Crippen LogP contribution in [0.15, 0.2) is 18.5 Å². The highest BCUT2D eigenvalue weighted by molar-refractivity contribution is 5.63. The first-order valence-electron chi connectivity index (χ1n) is 4.72. The molecule has 1 aromatic heterocycles. The zero-order chi connectivity index (χ0) is 10.9. The van der Waals surface area contributed by atoms with Crippen molar-refractivity contribution in [3.05, 3.63) is 24.2 Å². The van der Waals surface area contributed by atoms with Gasteiger partial charge in [-0.2, -0.15) is 0 Å². The number of alkyl halides is 2. The Morgan fingerprint density at radius 1 is 1.27 bits per heavy atom. The van der Waals surface area contributed by atoms with Crippen molar-refractivity contribution >= 4 is 11.4 Å². The molecule has 3 nitrogen and oxygen atoms in total. The number of nitrogens with two attached hydrogens (primary N) is 1. The van der Waals surface area contributed by atoms with Crippen LogP contribution in [0.3, 0.4) is 0 Å². The molecule has 0 atom stereocenters. The average molecular weight is 211 g/mol. The maximum absolute atomic E-state index is 12.9. The molecule has 80 valence electrons. The topological polar surface area (TPSA) is 51.8 Å². The van der Waals surface area contributed by atoms with E-state index >= 15 is 0 Å². The molecular formula is C10H11F2N3. The SMILES string of the molecule is Nc1cnc(C2=CCC(F)(F)CC2)cn1. The minimum Gasteiger partial charge on any atom is -0.382 e. The van der Waals surface area contributed by atoms with Crippen LogP contribution >= 0.6 is 0 Å². The standard InChI is InChI=1S/C10H11F2N3/c11-10(12)3-1-7(2-4-10)8-5-15-9(13)6-14-8/h1,5-6H,2-4H2,(H2,13,15). The van der Waals surface area contributed by atoms with Crippen molar-refractivity contribution in [2.75, 3.05) is 5.73 Å². The molecule has 15 heavy (non-hydrogen) atoms. The Morgan fingerprint density at radius 3 is 2.60 bits per heavy atom. The van der Waals surface area contributed by atoms with E-state index in [0.29, 0.717) is 17.9 Å². The molecule has 0 aromatic carbocycles. The van der Waals surface area contributed by atoms with Gasteiger partial charge in [-0.25, -0.2) is 13.8 Å². The molecule has 1 aliphatic carbocycles. The minimum atomic E-state index is -2.56. The monoisotopic (exact) mass is 211 g/mol. The number of hydrogen-bond donors (Lipinski definition) is 1. The fraction of sp³-hybridized carbons (Fsp3) is 0.400. The van der Waals surface area contributed by atoms with E-state index in [1.165, 1.54) is 18.5 Å².